The number of hydrogen-bond donors (Lipinski definition) is 1. The van der Waals surface area contributed by atoms with Gasteiger partial charge in [-0.15, -0.1) is 0 Å². The molecule has 1 N–H and O–H groups in total. The lowest BCUT2D eigenvalue weighted by atomic mass is 10.5. The van der Waals surface area contributed by atoms with Crippen LogP contribution in [0.15, 0.2) is 5.16 Å². The van der Waals surface area contributed by atoms with Gasteiger partial charge in [0.15, 0.2) is 0 Å². The van der Waals surface area contributed by atoms with Crippen LogP contribution in [0.2, 0.25) is 0 Å². The Morgan fingerprint density at radius 1 is 2.00 bits per heavy atom. The zero-order valence-electron chi connectivity index (χ0n) is 4.37. The fourth-order valence-electron chi connectivity index (χ4n) is 0.236. The summed E-state index contributed by atoms with van der Waals surface area (Å²) in [6, 6.07) is 0. The van der Waals surface area contributed by atoms with Gasteiger partial charge in [-0.3, -0.25) is 0 Å². The maximum atomic E-state index is 9.68. The van der Waals surface area contributed by atoms with E-state index in [1.165, 1.54) is 6.92 Å². The van der Waals surface area contributed by atoms with E-state index in [0.717, 1.165) is 0 Å². The molecule has 0 aliphatic rings. The van der Waals surface area contributed by atoms with Crippen LogP contribution in [-0.4, -0.2) is 16.0 Å². The van der Waals surface area contributed by atoms with Crippen LogP contribution in [0.3, 0.4) is 0 Å². The Morgan fingerprint density at radius 2 is 2.50 bits per heavy atom. The third kappa shape index (κ3) is 1.55. The Morgan fingerprint density at radius 3 is 2.50 bits per heavy atom. The number of nitro groups is 1. The summed E-state index contributed by atoms with van der Waals surface area (Å²) < 4.78 is 0. The highest BCUT2D eigenvalue weighted by molar-refractivity contribution is 5.72. The maximum absolute atomic E-state index is 9.68. The van der Waals surface area contributed by atoms with Crippen LogP contribution in [0.25, 0.3) is 0 Å². The van der Waals surface area contributed by atoms with E-state index in [0.29, 0.717) is 0 Å². The van der Waals surface area contributed by atoms with Crippen molar-refractivity contribution >= 4 is 5.84 Å². The minimum Gasteiger partial charge on any atom is -0.358 e. The van der Waals surface area contributed by atoms with E-state index in [2.05, 4.69) is 5.16 Å². The monoisotopic (exact) mass is 118 g/mol. The summed E-state index contributed by atoms with van der Waals surface area (Å²) in [5, 5.41) is 19.9. The lowest BCUT2D eigenvalue weighted by molar-refractivity contribution is -0.355. The number of rotatable bonds is 1. The lowest BCUT2D eigenvalue weighted by Gasteiger charge is -1.87. The van der Waals surface area contributed by atoms with Gasteiger partial charge in [0, 0.05) is 0 Å². The van der Waals surface area contributed by atoms with E-state index in [9.17, 15) is 10.1 Å². The smallest absolute Gasteiger partial charge is 0.358 e. The molecule has 0 amide bonds. The SMILES string of the molecule is CC/C(=N\O)[N+](=O)[O-]. The van der Waals surface area contributed by atoms with Crippen molar-refractivity contribution in [2.24, 2.45) is 5.16 Å². The largest absolute Gasteiger partial charge is 0.384 e. The molecule has 0 radical (unpaired) electrons. The first kappa shape index (κ1) is 6.87. The molecule has 5 heteroatoms. The number of hydrogen-bond acceptors (Lipinski definition) is 4. The first-order valence-electron chi connectivity index (χ1n) is 2.07. The normalized spacial score (nSPS) is 11.4. The quantitative estimate of drug-likeness (QED) is 0.179. The fraction of sp³-hybridized carbons (Fsp3) is 0.667. The Balaban J connectivity index is 3.92. The molecular formula is C3H6N2O3. The molecule has 0 fully saturated rings. The molecule has 0 rings (SSSR count). The van der Waals surface area contributed by atoms with Crippen LogP contribution in [0.1, 0.15) is 13.3 Å². The molecule has 0 heterocycles. The van der Waals surface area contributed by atoms with E-state index in [1.807, 2.05) is 0 Å². The standard InChI is InChI=1S/C3H6N2O3/c1-2-3(4-6)5(7)8/h6H,2H2,1H3/b4-3+. The lowest BCUT2D eigenvalue weighted by Crippen LogP contribution is -2.09. The van der Waals surface area contributed by atoms with Gasteiger partial charge in [-0.05, 0) is 4.92 Å². The fourth-order valence-corrected chi connectivity index (χ4v) is 0.236. The van der Waals surface area contributed by atoms with E-state index < -0.39 is 10.8 Å². The molecule has 5 nitrogen and oxygen atoms in total. The summed E-state index contributed by atoms with van der Waals surface area (Å²) in [7, 11) is 0. The predicted molar refractivity (Wildman–Crippen MR) is 26.5 cm³/mol. The number of amidine groups is 1. The van der Waals surface area contributed by atoms with Gasteiger partial charge in [-0.2, -0.15) is 0 Å². The average Bonchev–Trinajstić information content (AvgIpc) is 1.69. The molecule has 0 aliphatic heterocycles. The predicted octanol–water partition coefficient (Wildman–Crippen LogP) is 0.461. The third-order valence-corrected chi connectivity index (χ3v) is 0.642. The van der Waals surface area contributed by atoms with Crippen LogP contribution in [0.5, 0.6) is 0 Å². The summed E-state index contributed by atoms with van der Waals surface area (Å²) in [4.78, 5) is 8.95. The zero-order valence-corrected chi connectivity index (χ0v) is 4.37. The van der Waals surface area contributed by atoms with Crippen molar-refractivity contribution in [2.75, 3.05) is 0 Å². The molecular weight excluding hydrogens is 112 g/mol. The summed E-state index contributed by atoms with van der Waals surface area (Å²) in [5.41, 5.74) is 0. The number of oxime groups is 1. The van der Waals surface area contributed by atoms with Crippen molar-refractivity contribution in [3.63, 3.8) is 0 Å². The summed E-state index contributed by atoms with van der Waals surface area (Å²) >= 11 is 0. The van der Waals surface area contributed by atoms with Crippen molar-refractivity contribution in [3.05, 3.63) is 10.1 Å². The van der Waals surface area contributed by atoms with E-state index >= 15 is 0 Å². The average molecular weight is 118 g/mol. The van der Waals surface area contributed by atoms with Crippen LogP contribution in [0.4, 0.5) is 0 Å². The zero-order chi connectivity index (χ0) is 6.57. The van der Waals surface area contributed by atoms with E-state index in [4.69, 9.17) is 5.21 Å². The van der Waals surface area contributed by atoms with Gasteiger partial charge in [-0.1, -0.05) is 6.92 Å². The second kappa shape index (κ2) is 2.95. The number of nitrogens with zero attached hydrogens (tertiary/aromatic N) is 2. The highest BCUT2D eigenvalue weighted by Crippen LogP contribution is 1.83. The van der Waals surface area contributed by atoms with Crippen LogP contribution in [0, 0.1) is 10.1 Å². The van der Waals surface area contributed by atoms with Crippen LogP contribution < -0.4 is 0 Å². The third-order valence-electron chi connectivity index (χ3n) is 0.642. The first-order chi connectivity index (χ1) is 3.72. The molecule has 0 saturated carbocycles. The highest BCUT2D eigenvalue weighted by atomic mass is 16.6. The van der Waals surface area contributed by atoms with E-state index in [-0.39, 0.29) is 6.42 Å². The van der Waals surface area contributed by atoms with Gasteiger partial charge >= 0.3 is 5.84 Å². The Kier molecular flexibility index (Phi) is 2.53. The molecule has 46 valence electrons. The minimum atomic E-state index is -0.722. The summed E-state index contributed by atoms with van der Waals surface area (Å²) in [6.07, 6.45) is 0.142. The van der Waals surface area contributed by atoms with Crippen LogP contribution >= 0.6 is 0 Å². The first-order valence-corrected chi connectivity index (χ1v) is 2.07. The molecule has 0 aromatic heterocycles. The van der Waals surface area contributed by atoms with E-state index in [1.54, 1.807) is 0 Å². The van der Waals surface area contributed by atoms with Gasteiger partial charge in [0.05, 0.1) is 6.42 Å². The topological polar surface area (TPSA) is 75.7 Å². The highest BCUT2D eigenvalue weighted by Gasteiger charge is 2.06. The second-order valence-electron chi connectivity index (χ2n) is 1.13. The molecule has 0 aliphatic carbocycles. The van der Waals surface area contributed by atoms with Crippen molar-refractivity contribution in [1.82, 2.24) is 0 Å². The molecule has 0 aromatic rings. The van der Waals surface area contributed by atoms with Gasteiger partial charge in [0.1, 0.15) is 5.16 Å². The second-order valence-corrected chi connectivity index (χ2v) is 1.13. The van der Waals surface area contributed by atoms with Crippen molar-refractivity contribution in [3.8, 4) is 0 Å². The van der Waals surface area contributed by atoms with Gasteiger partial charge in [-0.25, -0.2) is 0 Å². The van der Waals surface area contributed by atoms with Gasteiger partial charge in [0.2, 0.25) is 0 Å². The Hall–Kier alpha value is -1.13. The van der Waals surface area contributed by atoms with Crippen molar-refractivity contribution < 1.29 is 10.1 Å². The Labute approximate surface area is 45.8 Å². The summed E-state index contributed by atoms with van der Waals surface area (Å²) in [6.45, 7) is 1.54. The molecule has 0 bridgehead atoms. The minimum absolute atomic E-state index is 0.142. The molecule has 0 saturated heterocycles. The van der Waals surface area contributed by atoms with Crippen molar-refractivity contribution in [2.45, 2.75) is 13.3 Å². The molecule has 0 aromatic carbocycles. The van der Waals surface area contributed by atoms with Crippen LogP contribution in [-0.2, 0) is 0 Å². The molecule has 0 unspecified atom stereocenters. The summed E-state index contributed by atoms with van der Waals surface area (Å²) in [5.74, 6) is -0.412. The van der Waals surface area contributed by atoms with Gasteiger partial charge in [0.25, 0.3) is 0 Å². The maximum Gasteiger partial charge on any atom is 0.384 e. The van der Waals surface area contributed by atoms with Gasteiger partial charge < -0.3 is 15.3 Å². The Bertz CT molecular complexity index is 120. The molecule has 0 spiro atoms. The van der Waals surface area contributed by atoms with Crippen molar-refractivity contribution in [1.29, 1.82) is 0 Å². The molecule has 8 heavy (non-hydrogen) atoms. The molecule has 0 atom stereocenters.